The third-order valence-electron chi connectivity index (χ3n) is 4.39. The van der Waals surface area contributed by atoms with Gasteiger partial charge in [0.15, 0.2) is 16.2 Å². The number of ether oxygens (including phenoxy) is 1. The van der Waals surface area contributed by atoms with Gasteiger partial charge in [-0.2, -0.15) is 13.2 Å². The predicted molar refractivity (Wildman–Crippen MR) is 107 cm³/mol. The Labute approximate surface area is 186 Å². The van der Waals surface area contributed by atoms with Crippen LogP contribution in [-0.4, -0.2) is 17.5 Å². The number of oxazole rings is 1. The van der Waals surface area contributed by atoms with Crippen LogP contribution in [-0.2, 0) is 6.18 Å². The molecule has 3 aromatic rings. The third-order valence-corrected chi connectivity index (χ3v) is 4.93. The first-order valence-corrected chi connectivity index (χ1v) is 9.78. The molecule has 0 aliphatic heterocycles. The maximum absolute atomic E-state index is 14.2. The molecule has 6 nitrogen and oxygen atoms in total. The van der Waals surface area contributed by atoms with E-state index in [1.54, 1.807) is 0 Å². The zero-order valence-corrected chi connectivity index (χ0v) is 17.6. The van der Waals surface area contributed by atoms with Gasteiger partial charge in [0.1, 0.15) is 17.1 Å². The lowest BCUT2D eigenvalue weighted by Gasteiger charge is -2.11. The van der Waals surface area contributed by atoms with Crippen molar-refractivity contribution in [3.05, 3.63) is 69.7 Å². The van der Waals surface area contributed by atoms with E-state index < -0.39 is 40.9 Å². The average molecular weight is 520 g/mol. The van der Waals surface area contributed by atoms with E-state index in [4.69, 9.17) is 20.6 Å². The zero-order valence-electron chi connectivity index (χ0n) is 16.1. The van der Waals surface area contributed by atoms with Gasteiger partial charge in [0.05, 0.1) is 18.2 Å². The smallest absolute Gasteiger partial charge is 0.416 e. The first kappa shape index (κ1) is 23.7. The van der Waals surface area contributed by atoms with Gasteiger partial charge in [-0.3, -0.25) is 4.79 Å². The van der Waals surface area contributed by atoms with Crippen LogP contribution in [0.2, 0.25) is 0 Å². The number of carbonyl (C=O) groups excluding carboxylic acids is 1. The Balaban J connectivity index is 1.68. The Morgan fingerprint density at radius 2 is 1.81 bits per heavy atom. The zero-order chi connectivity index (χ0) is 23.6. The van der Waals surface area contributed by atoms with Crippen molar-refractivity contribution in [3.8, 4) is 17.0 Å². The van der Waals surface area contributed by atoms with Crippen LogP contribution in [0.4, 0.5) is 22.0 Å². The third kappa shape index (κ3) is 5.07. The van der Waals surface area contributed by atoms with Gasteiger partial charge in [0.25, 0.3) is 5.91 Å². The highest BCUT2D eigenvalue weighted by Crippen LogP contribution is 2.34. The summed E-state index contributed by atoms with van der Waals surface area (Å²) in [7, 11) is 0. The van der Waals surface area contributed by atoms with Gasteiger partial charge in [0, 0.05) is 12.0 Å². The van der Waals surface area contributed by atoms with Crippen molar-refractivity contribution in [1.82, 2.24) is 4.98 Å². The molecule has 0 aliphatic carbocycles. The Hall–Kier alpha value is -2.99. The topological polar surface area (TPSA) is 104 Å². The van der Waals surface area contributed by atoms with Crippen molar-refractivity contribution in [2.75, 3.05) is 6.61 Å². The molecule has 0 fully saturated rings. The molecule has 0 spiro atoms. The number of alkyl halides is 3. The number of halogens is 6. The second-order valence-corrected chi connectivity index (χ2v) is 7.31. The monoisotopic (exact) mass is 519 g/mol. The van der Waals surface area contributed by atoms with Crippen LogP contribution in [0.3, 0.4) is 0 Å². The van der Waals surface area contributed by atoms with Crippen LogP contribution in [0.1, 0.15) is 34.3 Å². The molecule has 0 aliphatic rings. The number of rotatable bonds is 7. The molecule has 3 rings (SSSR count). The molecular formula is C20H15BrF5N3O3. The molecule has 170 valence electrons. The SMILES string of the molecule is NC(=O)c1c(F)ccc(OCCC(N)c2nc(-c3ccc(C(F)(F)F)cc3)c(Br)o2)c1F. The highest BCUT2D eigenvalue weighted by atomic mass is 79.9. The molecule has 4 N–H and O–H groups in total. The summed E-state index contributed by atoms with van der Waals surface area (Å²) in [6.07, 6.45) is -4.38. The van der Waals surface area contributed by atoms with Gasteiger partial charge in [-0.1, -0.05) is 12.1 Å². The van der Waals surface area contributed by atoms with Crippen LogP contribution < -0.4 is 16.2 Å². The molecule has 0 bridgehead atoms. The maximum Gasteiger partial charge on any atom is 0.416 e. The van der Waals surface area contributed by atoms with E-state index in [2.05, 4.69) is 20.9 Å². The summed E-state index contributed by atoms with van der Waals surface area (Å²) >= 11 is 3.16. The minimum atomic E-state index is -4.46. The Bertz CT molecular complexity index is 1130. The van der Waals surface area contributed by atoms with Crippen molar-refractivity contribution in [2.24, 2.45) is 11.5 Å². The average Bonchev–Trinajstić information content (AvgIpc) is 3.10. The van der Waals surface area contributed by atoms with Gasteiger partial charge in [-0.15, -0.1) is 0 Å². The second kappa shape index (κ2) is 9.25. The number of primary amides is 1. The molecule has 1 heterocycles. The molecule has 0 saturated heterocycles. The van der Waals surface area contributed by atoms with E-state index in [-0.39, 0.29) is 35.0 Å². The molecule has 0 radical (unpaired) electrons. The molecular weight excluding hydrogens is 505 g/mol. The van der Waals surface area contributed by atoms with Crippen LogP contribution >= 0.6 is 15.9 Å². The van der Waals surface area contributed by atoms with Crippen molar-refractivity contribution >= 4 is 21.8 Å². The lowest BCUT2D eigenvalue weighted by Crippen LogP contribution is -2.17. The highest BCUT2D eigenvalue weighted by Gasteiger charge is 2.30. The molecule has 2 aromatic carbocycles. The quantitative estimate of drug-likeness (QED) is 0.429. The fraction of sp³-hybridized carbons (Fsp3) is 0.200. The number of benzene rings is 2. The Kier molecular flexibility index (Phi) is 6.84. The van der Waals surface area contributed by atoms with E-state index in [0.29, 0.717) is 5.56 Å². The van der Waals surface area contributed by atoms with Gasteiger partial charge in [0.2, 0.25) is 5.89 Å². The Morgan fingerprint density at radius 1 is 1.16 bits per heavy atom. The normalized spacial score (nSPS) is 12.6. The number of hydrogen-bond donors (Lipinski definition) is 2. The van der Waals surface area contributed by atoms with Crippen LogP contribution in [0.5, 0.6) is 5.75 Å². The summed E-state index contributed by atoms with van der Waals surface area (Å²) in [4.78, 5) is 15.4. The first-order chi connectivity index (χ1) is 15.0. The number of nitrogens with two attached hydrogens (primary N) is 2. The molecule has 0 saturated carbocycles. The standard InChI is InChI=1S/C20H15BrF5N3O3/c21-17-16(9-1-3-10(4-2-9)20(24,25)26)29-19(32-17)12(27)7-8-31-13-6-5-11(22)14(15(13)23)18(28)30/h1-6,12H,7-8,27H2,(H2,28,30). The van der Waals surface area contributed by atoms with Gasteiger partial charge in [-0.05, 0) is 40.2 Å². The summed E-state index contributed by atoms with van der Waals surface area (Å²) in [6.45, 7) is -0.141. The second-order valence-electron chi connectivity index (χ2n) is 6.59. The molecule has 32 heavy (non-hydrogen) atoms. The predicted octanol–water partition coefficient (Wildman–Crippen LogP) is 4.97. The van der Waals surface area contributed by atoms with Crippen molar-refractivity contribution < 1.29 is 35.9 Å². The van der Waals surface area contributed by atoms with Crippen LogP contribution in [0.15, 0.2) is 45.5 Å². The van der Waals surface area contributed by atoms with Crippen LogP contribution in [0.25, 0.3) is 11.3 Å². The van der Waals surface area contributed by atoms with Gasteiger partial charge < -0.3 is 20.6 Å². The minimum Gasteiger partial charge on any atom is -0.490 e. The fourth-order valence-corrected chi connectivity index (χ4v) is 3.24. The van der Waals surface area contributed by atoms with Gasteiger partial charge >= 0.3 is 6.18 Å². The van der Waals surface area contributed by atoms with Crippen molar-refractivity contribution in [3.63, 3.8) is 0 Å². The maximum atomic E-state index is 14.2. The van der Waals surface area contributed by atoms with E-state index in [0.717, 1.165) is 24.3 Å². The molecule has 1 aromatic heterocycles. The van der Waals surface area contributed by atoms with Crippen molar-refractivity contribution in [2.45, 2.75) is 18.6 Å². The van der Waals surface area contributed by atoms with E-state index in [9.17, 15) is 26.7 Å². The summed E-state index contributed by atoms with van der Waals surface area (Å²) < 4.78 is 76.7. The molecule has 1 atom stereocenters. The number of nitrogens with zero attached hydrogens (tertiary/aromatic N) is 1. The lowest BCUT2D eigenvalue weighted by molar-refractivity contribution is -0.137. The number of carbonyl (C=O) groups is 1. The van der Waals surface area contributed by atoms with Crippen LogP contribution in [0, 0.1) is 11.6 Å². The number of amides is 1. The summed E-state index contributed by atoms with van der Waals surface area (Å²) in [5, 5.41) is 0. The fourth-order valence-electron chi connectivity index (χ4n) is 2.76. The highest BCUT2D eigenvalue weighted by molar-refractivity contribution is 9.10. The molecule has 12 heteroatoms. The van der Waals surface area contributed by atoms with E-state index in [1.807, 2.05) is 0 Å². The Morgan fingerprint density at radius 3 is 2.41 bits per heavy atom. The molecule has 1 amide bonds. The minimum absolute atomic E-state index is 0.0628. The number of hydrogen-bond acceptors (Lipinski definition) is 5. The molecule has 1 unspecified atom stereocenters. The number of aromatic nitrogens is 1. The van der Waals surface area contributed by atoms with E-state index >= 15 is 0 Å². The summed E-state index contributed by atoms with van der Waals surface area (Å²) in [5.41, 5.74) is 9.87. The van der Waals surface area contributed by atoms with E-state index in [1.165, 1.54) is 12.1 Å². The largest absolute Gasteiger partial charge is 0.490 e. The van der Waals surface area contributed by atoms with Gasteiger partial charge in [-0.25, -0.2) is 13.8 Å². The van der Waals surface area contributed by atoms with Crippen molar-refractivity contribution in [1.29, 1.82) is 0 Å². The first-order valence-electron chi connectivity index (χ1n) is 8.99. The summed E-state index contributed by atoms with van der Waals surface area (Å²) in [6, 6.07) is 5.37. The summed E-state index contributed by atoms with van der Waals surface area (Å²) in [5.74, 6) is -3.93. The lowest BCUT2D eigenvalue weighted by atomic mass is 10.1.